The Balaban J connectivity index is 1.78. The average Bonchev–Trinajstić information content (AvgIpc) is 3.33. The van der Waals surface area contributed by atoms with Gasteiger partial charge in [-0.25, -0.2) is 9.78 Å². The lowest BCUT2D eigenvalue weighted by molar-refractivity contribution is -0.385. The number of nitrogens with one attached hydrogen (secondary N) is 1. The molecule has 1 heterocycles. The molecule has 0 unspecified atom stereocenters. The Morgan fingerprint density at radius 1 is 1.30 bits per heavy atom. The van der Waals surface area contributed by atoms with E-state index < -0.39 is 22.2 Å². The van der Waals surface area contributed by atoms with Crippen LogP contribution in [0.25, 0.3) is 11.3 Å². The number of nitro groups is 1. The van der Waals surface area contributed by atoms with Crippen LogP contribution in [0.4, 0.5) is 10.5 Å². The largest absolute Gasteiger partial charge is 0.444 e. The van der Waals surface area contributed by atoms with E-state index in [1.54, 1.807) is 0 Å². The van der Waals surface area contributed by atoms with Gasteiger partial charge in [-0.2, -0.15) is 0 Å². The Bertz CT molecular complexity index is 887. The monoisotopic (exact) mass is 389 g/mol. The van der Waals surface area contributed by atoms with Gasteiger partial charge in [-0.15, -0.1) is 0 Å². The first-order chi connectivity index (χ1) is 12.6. The second-order valence-corrected chi connectivity index (χ2v) is 7.97. The highest BCUT2D eigenvalue weighted by molar-refractivity contribution is 6.33. The summed E-state index contributed by atoms with van der Waals surface area (Å²) in [5, 5.41) is 14.0. The van der Waals surface area contributed by atoms with Crippen molar-refractivity contribution in [3.8, 4) is 11.3 Å². The van der Waals surface area contributed by atoms with Crippen molar-refractivity contribution >= 4 is 23.4 Å². The summed E-state index contributed by atoms with van der Waals surface area (Å²) in [5.41, 5.74) is 1.06. The van der Waals surface area contributed by atoms with Crippen molar-refractivity contribution in [2.75, 3.05) is 0 Å². The van der Waals surface area contributed by atoms with Crippen molar-refractivity contribution in [3.05, 3.63) is 57.2 Å². The highest BCUT2D eigenvalue weighted by atomic mass is 35.5. The fourth-order valence-electron chi connectivity index (χ4n) is 2.80. The number of hydrogen-bond donors (Lipinski definition) is 1. The van der Waals surface area contributed by atoms with Crippen molar-refractivity contribution in [1.82, 2.24) is 10.3 Å². The molecule has 2 aromatic rings. The first kappa shape index (κ1) is 19.1. The number of carbonyl (C=O) groups excluding carboxylic acids is 1. The van der Waals surface area contributed by atoms with Crippen LogP contribution in [0.5, 0.6) is 0 Å². The predicted octanol–water partition coefficient (Wildman–Crippen LogP) is 4.82. The summed E-state index contributed by atoms with van der Waals surface area (Å²) in [7, 11) is 0. The average molecular weight is 390 g/mol. The van der Waals surface area contributed by atoms with E-state index in [2.05, 4.69) is 10.3 Å². The molecular formula is C19H20ClN3O4. The van der Waals surface area contributed by atoms with Gasteiger partial charge in [0.25, 0.3) is 5.69 Å². The number of amides is 1. The van der Waals surface area contributed by atoms with Crippen molar-refractivity contribution < 1.29 is 14.5 Å². The van der Waals surface area contributed by atoms with Crippen LogP contribution >= 0.6 is 11.6 Å². The molecule has 8 heteroatoms. The molecule has 1 fully saturated rings. The normalized spacial score (nSPS) is 15.1. The molecule has 1 aliphatic rings. The molecule has 0 saturated heterocycles. The third-order valence-corrected chi connectivity index (χ3v) is 4.53. The minimum atomic E-state index is -0.553. The zero-order chi connectivity index (χ0) is 19.8. The molecule has 142 valence electrons. The number of ether oxygens (including phenoxy) is 1. The van der Waals surface area contributed by atoms with Gasteiger partial charge in [0.2, 0.25) is 0 Å². The molecule has 1 aromatic carbocycles. The predicted molar refractivity (Wildman–Crippen MR) is 102 cm³/mol. The highest BCUT2D eigenvalue weighted by Crippen LogP contribution is 2.46. The molecule has 0 radical (unpaired) electrons. The van der Waals surface area contributed by atoms with Gasteiger partial charge in [0.15, 0.2) is 0 Å². The maximum absolute atomic E-state index is 12.1. The van der Waals surface area contributed by atoms with E-state index in [4.69, 9.17) is 16.3 Å². The van der Waals surface area contributed by atoms with Gasteiger partial charge in [-0.1, -0.05) is 35.9 Å². The van der Waals surface area contributed by atoms with Crippen LogP contribution in [0.15, 0.2) is 36.5 Å². The zero-order valence-corrected chi connectivity index (χ0v) is 16.0. The Morgan fingerprint density at radius 2 is 1.93 bits per heavy atom. The molecule has 1 N–H and O–H groups in total. The van der Waals surface area contributed by atoms with Gasteiger partial charge in [0.05, 0.1) is 21.2 Å². The van der Waals surface area contributed by atoms with Gasteiger partial charge in [0, 0.05) is 11.6 Å². The molecule has 3 rings (SSSR count). The SMILES string of the molecule is CC(C)(C)OC(=O)NC1(c2ccc(-c3ncc([N+](=O)[O-])cc3Cl)cc2)CC1. The van der Waals surface area contributed by atoms with Crippen LogP contribution in [-0.2, 0) is 10.3 Å². The number of halogens is 1. The van der Waals surface area contributed by atoms with Crippen LogP contribution < -0.4 is 5.32 Å². The van der Waals surface area contributed by atoms with Crippen molar-refractivity contribution in [1.29, 1.82) is 0 Å². The second kappa shape index (κ2) is 6.81. The summed E-state index contributed by atoms with van der Waals surface area (Å²) in [4.78, 5) is 26.5. The Morgan fingerprint density at radius 3 is 2.41 bits per heavy atom. The Labute approximate surface area is 161 Å². The molecule has 1 amide bonds. The number of pyridine rings is 1. The molecule has 1 aromatic heterocycles. The molecule has 0 spiro atoms. The number of benzene rings is 1. The van der Waals surface area contributed by atoms with Gasteiger partial charge in [-0.05, 0) is 39.2 Å². The summed E-state index contributed by atoms with van der Waals surface area (Å²) in [6, 6.07) is 8.76. The summed E-state index contributed by atoms with van der Waals surface area (Å²) < 4.78 is 5.34. The minimum Gasteiger partial charge on any atom is -0.444 e. The van der Waals surface area contributed by atoms with E-state index in [-0.39, 0.29) is 10.7 Å². The molecular weight excluding hydrogens is 370 g/mol. The van der Waals surface area contributed by atoms with Crippen LogP contribution in [-0.4, -0.2) is 21.6 Å². The topological polar surface area (TPSA) is 94.4 Å². The fraction of sp³-hybridized carbons (Fsp3) is 0.368. The number of alkyl carbamates (subject to hydrolysis) is 1. The standard InChI is InChI=1S/C19H20ClN3O4/c1-18(2,3)27-17(24)22-19(8-9-19)13-6-4-12(5-7-13)16-15(20)10-14(11-21-16)23(25)26/h4-7,10-11H,8-9H2,1-3H3,(H,22,24). The quantitative estimate of drug-likeness (QED) is 0.597. The van der Waals surface area contributed by atoms with E-state index in [0.717, 1.165) is 24.0 Å². The zero-order valence-electron chi connectivity index (χ0n) is 15.3. The number of hydrogen-bond acceptors (Lipinski definition) is 5. The van der Waals surface area contributed by atoms with E-state index in [1.807, 2.05) is 45.0 Å². The summed E-state index contributed by atoms with van der Waals surface area (Å²) in [5.74, 6) is 0. The molecule has 1 aliphatic carbocycles. The lowest BCUT2D eigenvalue weighted by Gasteiger charge is -2.23. The summed E-state index contributed by atoms with van der Waals surface area (Å²) in [6.07, 6.45) is 2.41. The lowest BCUT2D eigenvalue weighted by Crippen LogP contribution is -2.39. The molecule has 0 aliphatic heterocycles. The van der Waals surface area contributed by atoms with Crippen molar-refractivity contribution in [2.24, 2.45) is 0 Å². The van der Waals surface area contributed by atoms with Gasteiger partial charge in [0.1, 0.15) is 11.8 Å². The van der Waals surface area contributed by atoms with Crippen LogP contribution in [0.2, 0.25) is 5.02 Å². The summed E-state index contributed by atoms with van der Waals surface area (Å²) in [6.45, 7) is 5.46. The number of aromatic nitrogens is 1. The third-order valence-electron chi connectivity index (χ3n) is 4.24. The molecule has 0 bridgehead atoms. The van der Waals surface area contributed by atoms with Crippen molar-refractivity contribution in [2.45, 2.75) is 44.8 Å². The van der Waals surface area contributed by atoms with Gasteiger partial charge >= 0.3 is 6.09 Å². The molecule has 0 atom stereocenters. The number of carbonyl (C=O) groups is 1. The fourth-order valence-corrected chi connectivity index (χ4v) is 3.07. The van der Waals surface area contributed by atoms with Gasteiger partial charge < -0.3 is 10.1 Å². The third kappa shape index (κ3) is 4.36. The molecule has 1 saturated carbocycles. The Kier molecular flexibility index (Phi) is 4.82. The maximum atomic E-state index is 12.1. The summed E-state index contributed by atoms with van der Waals surface area (Å²) >= 11 is 6.14. The van der Waals surface area contributed by atoms with E-state index >= 15 is 0 Å². The Hall–Kier alpha value is -2.67. The van der Waals surface area contributed by atoms with E-state index in [0.29, 0.717) is 5.69 Å². The first-order valence-corrected chi connectivity index (χ1v) is 8.89. The van der Waals surface area contributed by atoms with E-state index in [1.165, 1.54) is 12.3 Å². The molecule has 27 heavy (non-hydrogen) atoms. The maximum Gasteiger partial charge on any atom is 0.408 e. The van der Waals surface area contributed by atoms with Crippen LogP contribution in [0, 0.1) is 10.1 Å². The molecule has 7 nitrogen and oxygen atoms in total. The van der Waals surface area contributed by atoms with E-state index in [9.17, 15) is 14.9 Å². The number of rotatable bonds is 4. The van der Waals surface area contributed by atoms with Crippen LogP contribution in [0.3, 0.4) is 0 Å². The van der Waals surface area contributed by atoms with Crippen molar-refractivity contribution in [3.63, 3.8) is 0 Å². The lowest BCUT2D eigenvalue weighted by atomic mass is 10.0. The van der Waals surface area contributed by atoms with Crippen LogP contribution in [0.1, 0.15) is 39.2 Å². The second-order valence-electron chi connectivity index (χ2n) is 7.57. The number of nitrogens with zero attached hydrogens (tertiary/aromatic N) is 2. The minimum absolute atomic E-state index is 0.154. The smallest absolute Gasteiger partial charge is 0.408 e. The highest BCUT2D eigenvalue weighted by Gasteiger charge is 2.46. The first-order valence-electron chi connectivity index (χ1n) is 8.52. The van der Waals surface area contributed by atoms with Gasteiger partial charge in [-0.3, -0.25) is 10.1 Å².